The second-order valence-electron chi connectivity index (χ2n) is 6.08. The smallest absolute Gasteiger partial charge is 0.255 e. The van der Waals surface area contributed by atoms with Crippen LogP contribution in [0.1, 0.15) is 23.7 Å². The zero-order valence-corrected chi connectivity index (χ0v) is 13.7. The molecule has 2 aromatic rings. The van der Waals surface area contributed by atoms with E-state index < -0.39 is 0 Å². The molecule has 0 aromatic heterocycles. The number of rotatable bonds is 5. The predicted molar refractivity (Wildman–Crippen MR) is 93.3 cm³/mol. The molecule has 1 aliphatic carbocycles. The van der Waals surface area contributed by atoms with Gasteiger partial charge in [-0.2, -0.15) is 0 Å². The van der Waals surface area contributed by atoms with E-state index in [2.05, 4.69) is 17.6 Å². The van der Waals surface area contributed by atoms with Crippen LogP contribution in [0.25, 0.3) is 0 Å². The van der Waals surface area contributed by atoms with Crippen molar-refractivity contribution < 1.29 is 14.3 Å². The minimum Gasteiger partial charge on any atom is -0.497 e. The van der Waals surface area contributed by atoms with Crippen LogP contribution in [-0.4, -0.2) is 18.9 Å². The van der Waals surface area contributed by atoms with Crippen LogP contribution < -0.4 is 15.4 Å². The second kappa shape index (κ2) is 6.74. The summed E-state index contributed by atoms with van der Waals surface area (Å²) in [7, 11) is 1.58. The van der Waals surface area contributed by atoms with Gasteiger partial charge in [0.2, 0.25) is 5.91 Å². The number of carbonyl (C=O) groups excluding carboxylic acids is 2. The van der Waals surface area contributed by atoms with Gasteiger partial charge in [0.05, 0.1) is 7.11 Å². The van der Waals surface area contributed by atoms with E-state index in [-0.39, 0.29) is 17.7 Å². The van der Waals surface area contributed by atoms with Crippen LogP contribution in [0.4, 0.5) is 11.4 Å². The van der Waals surface area contributed by atoms with E-state index in [1.54, 1.807) is 43.5 Å². The lowest BCUT2D eigenvalue weighted by molar-refractivity contribution is -0.117. The molecule has 2 unspecified atom stereocenters. The number of ether oxygens (including phenoxy) is 1. The molecule has 2 amide bonds. The van der Waals surface area contributed by atoms with Crippen molar-refractivity contribution in [2.45, 2.75) is 13.3 Å². The fourth-order valence-corrected chi connectivity index (χ4v) is 2.56. The molecule has 1 aliphatic rings. The Kier molecular flexibility index (Phi) is 4.51. The van der Waals surface area contributed by atoms with Gasteiger partial charge in [0, 0.05) is 28.9 Å². The summed E-state index contributed by atoms with van der Waals surface area (Å²) in [4.78, 5) is 24.4. The van der Waals surface area contributed by atoms with Crippen molar-refractivity contribution >= 4 is 23.2 Å². The van der Waals surface area contributed by atoms with Crippen LogP contribution in [0.5, 0.6) is 5.75 Å². The summed E-state index contributed by atoms with van der Waals surface area (Å²) >= 11 is 0. The fraction of sp³-hybridized carbons (Fsp3) is 0.263. The number of carbonyl (C=O) groups is 2. The molecule has 1 saturated carbocycles. The molecule has 0 radical (unpaired) electrons. The van der Waals surface area contributed by atoms with E-state index in [1.807, 2.05) is 12.1 Å². The monoisotopic (exact) mass is 324 g/mol. The molecule has 3 rings (SSSR count). The van der Waals surface area contributed by atoms with Crippen LogP contribution in [0.2, 0.25) is 0 Å². The fourth-order valence-electron chi connectivity index (χ4n) is 2.56. The summed E-state index contributed by atoms with van der Waals surface area (Å²) in [6, 6.07) is 14.1. The maximum atomic E-state index is 12.4. The van der Waals surface area contributed by atoms with Crippen molar-refractivity contribution in [3.63, 3.8) is 0 Å². The van der Waals surface area contributed by atoms with Gasteiger partial charge in [0.25, 0.3) is 5.91 Å². The van der Waals surface area contributed by atoms with Crippen LogP contribution in [0, 0.1) is 11.8 Å². The van der Waals surface area contributed by atoms with E-state index in [9.17, 15) is 9.59 Å². The van der Waals surface area contributed by atoms with E-state index in [0.717, 1.165) is 6.42 Å². The van der Waals surface area contributed by atoms with Gasteiger partial charge in [-0.25, -0.2) is 0 Å². The number of amides is 2. The average Bonchev–Trinajstić information content (AvgIpc) is 3.32. The van der Waals surface area contributed by atoms with Crippen molar-refractivity contribution in [1.82, 2.24) is 0 Å². The molecule has 0 aliphatic heterocycles. The van der Waals surface area contributed by atoms with Gasteiger partial charge in [-0.3, -0.25) is 9.59 Å². The Labute approximate surface area is 141 Å². The van der Waals surface area contributed by atoms with Crippen LogP contribution in [0.3, 0.4) is 0 Å². The summed E-state index contributed by atoms with van der Waals surface area (Å²) in [5.74, 6) is 1.00. The lowest BCUT2D eigenvalue weighted by Gasteiger charge is -2.09. The molecule has 5 nitrogen and oxygen atoms in total. The third kappa shape index (κ3) is 3.74. The van der Waals surface area contributed by atoms with E-state index >= 15 is 0 Å². The Hall–Kier alpha value is -2.82. The number of benzene rings is 2. The number of anilines is 2. The van der Waals surface area contributed by atoms with Crippen LogP contribution in [0.15, 0.2) is 48.5 Å². The molecule has 0 bridgehead atoms. The summed E-state index contributed by atoms with van der Waals surface area (Å²) in [6.07, 6.45) is 0.932. The third-order valence-corrected chi connectivity index (χ3v) is 4.17. The van der Waals surface area contributed by atoms with Gasteiger partial charge in [0.1, 0.15) is 5.75 Å². The third-order valence-electron chi connectivity index (χ3n) is 4.17. The number of methoxy groups -OCH3 is 1. The maximum Gasteiger partial charge on any atom is 0.255 e. The first-order valence-electron chi connectivity index (χ1n) is 7.93. The number of hydrogen-bond acceptors (Lipinski definition) is 3. The zero-order chi connectivity index (χ0) is 17.1. The molecule has 0 spiro atoms. The average molecular weight is 324 g/mol. The molecule has 1 fully saturated rings. The highest BCUT2D eigenvalue weighted by molar-refractivity contribution is 6.05. The minimum atomic E-state index is -0.237. The highest BCUT2D eigenvalue weighted by Gasteiger charge is 2.39. The van der Waals surface area contributed by atoms with E-state index in [1.165, 1.54) is 0 Å². The molecule has 2 N–H and O–H groups in total. The molecular weight excluding hydrogens is 304 g/mol. The Balaban J connectivity index is 1.68. The maximum absolute atomic E-state index is 12.4. The number of nitrogens with one attached hydrogen (secondary N) is 2. The van der Waals surface area contributed by atoms with Gasteiger partial charge >= 0.3 is 0 Å². The van der Waals surface area contributed by atoms with Crippen molar-refractivity contribution in [3.8, 4) is 5.75 Å². The molecule has 2 atom stereocenters. The highest BCUT2D eigenvalue weighted by Crippen LogP contribution is 2.38. The van der Waals surface area contributed by atoms with Crippen molar-refractivity contribution in [3.05, 3.63) is 54.1 Å². The van der Waals surface area contributed by atoms with Gasteiger partial charge < -0.3 is 15.4 Å². The summed E-state index contributed by atoms with van der Waals surface area (Å²) in [5, 5.41) is 5.70. The Morgan fingerprint density at radius 3 is 2.38 bits per heavy atom. The zero-order valence-electron chi connectivity index (χ0n) is 13.7. The molecule has 24 heavy (non-hydrogen) atoms. The second-order valence-corrected chi connectivity index (χ2v) is 6.08. The summed E-state index contributed by atoms with van der Waals surface area (Å²) in [5.41, 5.74) is 1.78. The van der Waals surface area contributed by atoms with Crippen molar-refractivity contribution in [2.75, 3.05) is 17.7 Å². The summed E-state index contributed by atoms with van der Waals surface area (Å²) < 4.78 is 5.14. The largest absolute Gasteiger partial charge is 0.497 e. The SMILES string of the molecule is COc1cccc(NC(=O)c2cccc(NC(=O)C3CC3C)c2)c1. The minimum absolute atomic E-state index is 0.0212. The molecule has 0 heterocycles. The van der Waals surface area contributed by atoms with Crippen molar-refractivity contribution in [2.24, 2.45) is 11.8 Å². The summed E-state index contributed by atoms with van der Waals surface area (Å²) in [6.45, 7) is 2.06. The first-order valence-corrected chi connectivity index (χ1v) is 7.93. The Morgan fingerprint density at radius 1 is 1.04 bits per heavy atom. The molecule has 124 valence electrons. The van der Waals surface area contributed by atoms with Crippen LogP contribution in [-0.2, 0) is 4.79 Å². The first-order chi connectivity index (χ1) is 11.6. The number of hydrogen-bond donors (Lipinski definition) is 2. The topological polar surface area (TPSA) is 67.4 Å². The Bertz CT molecular complexity index is 773. The van der Waals surface area contributed by atoms with E-state index in [4.69, 9.17) is 4.74 Å². The first kappa shape index (κ1) is 16.1. The Morgan fingerprint density at radius 2 is 1.71 bits per heavy atom. The molecule has 5 heteroatoms. The van der Waals surface area contributed by atoms with Gasteiger partial charge in [-0.1, -0.05) is 19.1 Å². The quantitative estimate of drug-likeness (QED) is 0.884. The molecule has 0 saturated heterocycles. The van der Waals surface area contributed by atoms with E-state index in [0.29, 0.717) is 28.6 Å². The van der Waals surface area contributed by atoms with Gasteiger partial charge in [0.15, 0.2) is 0 Å². The lowest BCUT2D eigenvalue weighted by Crippen LogP contribution is -2.16. The van der Waals surface area contributed by atoms with Crippen LogP contribution >= 0.6 is 0 Å². The standard InChI is InChI=1S/C19H20N2O3/c1-12-9-17(12)19(23)21-14-6-3-5-13(10-14)18(22)20-15-7-4-8-16(11-15)24-2/h3-8,10-12,17H,9H2,1-2H3,(H,20,22)(H,21,23). The molecular formula is C19H20N2O3. The van der Waals surface area contributed by atoms with Crippen molar-refractivity contribution in [1.29, 1.82) is 0 Å². The predicted octanol–water partition coefficient (Wildman–Crippen LogP) is 3.54. The normalized spacial score (nSPS) is 18.6. The highest BCUT2D eigenvalue weighted by atomic mass is 16.5. The molecule has 2 aromatic carbocycles. The lowest BCUT2D eigenvalue weighted by atomic mass is 10.1. The van der Waals surface area contributed by atoms with Gasteiger partial charge in [-0.05, 0) is 42.7 Å². The van der Waals surface area contributed by atoms with Gasteiger partial charge in [-0.15, -0.1) is 0 Å².